The van der Waals surface area contributed by atoms with Gasteiger partial charge in [-0.05, 0) is 42.0 Å². The third kappa shape index (κ3) is 5.13. The molecule has 4 nitrogen and oxygen atoms in total. The number of carboxylic acid groups (broad SMARTS) is 1. The molecule has 0 aliphatic carbocycles. The Morgan fingerprint density at radius 2 is 1.78 bits per heavy atom. The molecule has 0 saturated heterocycles. The molecule has 0 unspecified atom stereocenters. The van der Waals surface area contributed by atoms with Crippen LogP contribution in [0.5, 0.6) is 5.75 Å². The number of aliphatic carboxylic acids is 1. The lowest BCUT2D eigenvalue weighted by Gasteiger charge is -2.03. The summed E-state index contributed by atoms with van der Waals surface area (Å²) >= 11 is 11.8. The summed E-state index contributed by atoms with van der Waals surface area (Å²) in [5.41, 5.74) is 1.14. The highest BCUT2D eigenvalue weighted by atomic mass is 35.5. The van der Waals surface area contributed by atoms with Crippen LogP contribution in [0, 0.1) is 0 Å². The molecule has 0 aromatic heterocycles. The van der Waals surface area contributed by atoms with E-state index in [0.29, 0.717) is 21.4 Å². The summed E-state index contributed by atoms with van der Waals surface area (Å²) in [4.78, 5) is 22.5. The molecule has 0 amide bonds. The van der Waals surface area contributed by atoms with Crippen molar-refractivity contribution in [2.75, 3.05) is 6.61 Å². The van der Waals surface area contributed by atoms with Crippen LogP contribution in [0.25, 0.3) is 6.08 Å². The fourth-order valence-corrected chi connectivity index (χ4v) is 2.27. The van der Waals surface area contributed by atoms with Crippen molar-refractivity contribution in [2.24, 2.45) is 0 Å². The van der Waals surface area contributed by atoms with Crippen molar-refractivity contribution >= 4 is 41.0 Å². The van der Waals surface area contributed by atoms with Gasteiger partial charge in [0.25, 0.3) is 0 Å². The number of ether oxygens (including phenoxy) is 1. The predicted octanol–water partition coefficient (Wildman–Crippen LogP) is 4.35. The maximum atomic E-state index is 12.1. The zero-order valence-corrected chi connectivity index (χ0v) is 13.3. The van der Waals surface area contributed by atoms with Gasteiger partial charge >= 0.3 is 5.97 Å². The Balaban J connectivity index is 2.04. The lowest BCUT2D eigenvalue weighted by atomic mass is 10.1. The molecule has 0 aliphatic rings. The van der Waals surface area contributed by atoms with E-state index in [1.807, 2.05) is 0 Å². The fourth-order valence-electron chi connectivity index (χ4n) is 1.77. The van der Waals surface area contributed by atoms with Gasteiger partial charge in [0.15, 0.2) is 12.4 Å². The van der Waals surface area contributed by atoms with Gasteiger partial charge in [-0.1, -0.05) is 41.4 Å². The van der Waals surface area contributed by atoms with Gasteiger partial charge < -0.3 is 9.84 Å². The van der Waals surface area contributed by atoms with Gasteiger partial charge in [-0.15, -0.1) is 0 Å². The van der Waals surface area contributed by atoms with Crippen LogP contribution in [0.4, 0.5) is 0 Å². The second kappa shape index (κ2) is 7.81. The zero-order valence-electron chi connectivity index (χ0n) is 11.8. The normalized spacial score (nSPS) is 10.7. The summed E-state index contributed by atoms with van der Waals surface area (Å²) in [6, 6.07) is 11.4. The number of carbonyl (C=O) groups excluding carboxylic acids is 1. The number of carbonyl (C=O) groups is 2. The van der Waals surface area contributed by atoms with Crippen LogP contribution < -0.4 is 4.74 Å². The second-order valence-electron chi connectivity index (χ2n) is 4.57. The average molecular weight is 351 g/mol. The molecule has 0 heterocycles. The van der Waals surface area contributed by atoms with E-state index in [-0.39, 0.29) is 5.78 Å². The number of carboxylic acids is 1. The van der Waals surface area contributed by atoms with Crippen molar-refractivity contribution in [2.45, 2.75) is 0 Å². The number of halogens is 2. The maximum absolute atomic E-state index is 12.1. The molecule has 1 N–H and O–H groups in total. The Bertz CT molecular complexity index is 752. The van der Waals surface area contributed by atoms with Gasteiger partial charge in [-0.2, -0.15) is 0 Å². The molecular formula is C17H12Cl2O4. The van der Waals surface area contributed by atoms with Crippen LogP contribution in [0.1, 0.15) is 15.9 Å². The standard InChI is InChI=1S/C17H12Cl2O4/c18-12-4-7-14(15(19)9-12)16(20)8-3-11-1-5-13(6-2-11)23-10-17(21)22/h1-9H,10H2,(H,21,22). The van der Waals surface area contributed by atoms with Crippen LogP contribution >= 0.6 is 23.2 Å². The smallest absolute Gasteiger partial charge is 0.341 e. The van der Waals surface area contributed by atoms with Crippen LogP contribution in [0.15, 0.2) is 48.5 Å². The first-order valence-corrected chi connectivity index (χ1v) is 7.33. The Hall–Kier alpha value is -2.30. The molecule has 2 rings (SSSR count). The average Bonchev–Trinajstić information content (AvgIpc) is 2.51. The molecule has 0 fully saturated rings. The number of allylic oxidation sites excluding steroid dienone is 1. The van der Waals surface area contributed by atoms with Crippen LogP contribution in [-0.2, 0) is 4.79 Å². The van der Waals surface area contributed by atoms with Crippen molar-refractivity contribution in [1.29, 1.82) is 0 Å². The van der Waals surface area contributed by atoms with Crippen molar-refractivity contribution in [1.82, 2.24) is 0 Å². The Kier molecular flexibility index (Phi) is 5.79. The summed E-state index contributed by atoms with van der Waals surface area (Å²) in [7, 11) is 0. The van der Waals surface area contributed by atoms with E-state index in [1.165, 1.54) is 12.1 Å². The minimum atomic E-state index is -1.04. The lowest BCUT2D eigenvalue weighted by Crippen LogP contribution is -2.09. The third-order valence-corrected chi connectivity index (χ3v) is 3.41. The number of ketones is 1. The highest BCUT2D eigenvalue weighted by Gasteiger charge is 2.07. The third-order valence-electron chi connectivity index (χ3n) is 2.87. The Morgan fingerprint density at radius 3 is 2.39 bits per heavy atom. The molecule has 0 saturated carbocycles. The topological polar surface area (TPSA) is 63.6 Å². The quantitative estimate of drug-likeness (QED) is 0.621. The number of hydrogen-bond donors (Lipinski definition) is 1. The first-order valence-electron chi connectivity index (χ1n) is 6.58. The van der Waals surface area contributed by atoms with E-state index in [2.05, 4.69) is 0 Å². The van der Waals surface area contributed by atoms with Crippen LogP contribution in [0.2, 0.25) is 10.0 Å². The predicted molar refractivity (Wildman–Crippen MR) is 89.4 cm³/mol. The van der Waals surface area contributed by atoms with E-state index in [0.717, 1.165) is 5.56 Å². The van der Waals surface area contributed by atoms with E-state index in [9.17, 15) is 9.59 Å². The maximum Gasteiger partial charge on any atom is 0.341 e. The molecule has 0 bridgehead atoms. The van der Waals surface area contributed by atoms with Gasteiger partial charge in [-0.25, -0.2) is 4.79 Å². The number of rotatable bonds is 6. The van der Waals surface area contributed by atoms with Gasteiger partial charge in [0.1, 0.15) is 5.75 Å². The first-order chi connectivity index (χ1) is 11.0. The summed E-state index contributed by atoms with van der Waals surface area (Å²) in [5.74, 6) is -0.839. The minimum absolute atomic E-state index is 0.238. The molecule has 23 heavy (non-hydrogen) atoms. The molecular weight excluding hydrogens is 339 g/mol. The van der Waals surface area contributed by atoms with Crippen molar-refractivity contribution in [3.05, 3.63) is 69.7 Å². The zero-order chi connectivity index (χ0) is 16.8. The lowest BCUT2D eigenvalue weighted by molar-refractivity contribution is -0.139. The summed E-state index contributed by atoms with van der Waals surface area (Å²) in [6.07, 6.45) is 3.04. The molecule has 2 aromatic rings. The molecule has 6 heteroatoms. The van der Waals surface area contributed by atoms with Gasteiger partial charge in [0, 0.05) is 10.6 Å². The SMILES string of the molecule is O=C(O)COc1ccc(C=CC(=O)c2ccc(Cl)cc2Cl)cc1. The van der Waals surface area contributed by atoms with Crippen LogP contribution in [-0.4, -0.2) is 23.5 Å². The summed E-state index contributed by atoms with van der Waals surface area (Å²) in [6.45, 7) is -0.400. The highest BCUT2D eigenvalue weighted by molar-refractivity contribution is 6.37. The van der Waals surface area contributed by atoms with Crippen molar-refractivity contribution in [3.63, 3.8) is 0 Å². The van der Waals surface area contributed by atoms with E-state index in [4.69, 9.17) is 33.0 Å². The van der Waals surface area contributed by atoms with E-state index >= 15 is 0 Å². The van der Waals surface area contributed by atoms with E-state index in [1.54, 1.807) is 42.5 Å². The largest absolute Gasteiger partial charge is 0.482 e. The highest BCUT2D eigenvalue weighted by Crippen LogP contribution is 2.22. The molecule has 118 valence electrons. The van der Waals surface area contributed by atoms with Crippen molar-refractivity contribution in [3.8, 4) is 5.75 Å². The Labute approximate surface area is 142 Å². The number of benzene rings is 2. The van der Waals surface area contributed by atoms with Crippen molar-refractivity contribution < 1.29 is 19.4 Å². The van der Waals surface area contributed by atoms with Gasteiger partial charge in [-0.3, -0.25) is 4.79 Å². The van der Waals surface area contributed by atoms with Crippen LogP contribution in [0.3, 0.4) is 0 Å². The fraction of sp³-hybridized carbons (Fsp3) is 0.0588. The molecule has 0 atom stereocenters. The van der Waals surface area contributed by atoms with Gasteiger partial charge in [0.05, 0.1) is 5.02 Å². The molecule has 0 spiro atoms. The molecule has 0 radical (unpaired) electrons. The second-order valence-corrected chi connectivity index (χ2v) is 5.42. The summed E-state index contributed by atoms with van der Waals surface area (Å²) in [5, 5.41) is 9.29. The monoisotopic (exact) mass is 350 g/mol. The molecule has 0 aliphatic heterocycles. The van der Waals surface area contributed by atoms with Gasteiger partial charge in [0.2, 0.25) is 0 Å². The first kappa shape index (κ1) is 17.1. The minimum Gasteiger partial charge on any atom is -0.482 e. The Morgan fingerprint density at radius 1 is 1.09 bits per heavy atom. The number of hydrogen-bond acceptors (Lipinski definition) is 3. The molecule has 2 aromatic carbocycles. The van der Waals surface area contributed by atoms with E-state index < -0.39 is 12.6 Å². The summed E-state index contributed by atoms with van der Waals surface area (Å²) < 4.78 is 5.02.